The normalized spacial score (nSPS) is 12.5. The molecule has 0 aromatic heterocycles. The van der Waals surface area contributed by atoms with Crippen molar-refractivity contribution >= 4 is 17.1 Å². The molecule has 11 heavy (non-hydrogen) atoms. The van der Waals surface area contributed by atoms with Gasteiger partial charge in [-0.05, 0) is 0 Å². The zero-order valence-electron chi connectivity index (χ0n) is 7.12. The molecule has 0 saturated heterocycles. The minimum Gasteiger partial charge on any atom is -0.397 e. The second-order valence-corrected chi connectivity index (χ2v) is 8.98. The van der Waals surface area contributed by atoms with Gasteiger partial charge in [-0.25, -0.2) is 4.80 Å². The van der Waals surface area contributed by atoms with Crippen molar-refractivity contribution in [1.29, 1.82) is 0 Å². The lowest BCUT2D eigenvalue weighted by Gasteiger charge is -2.22. The molecule has 0 spiro atoms. The molecule has 0 aromatic rings. The van der Waals surface area contributed by atoms with Crippen LogP contribution in [0.25, 0.3) is 0 Å². The molecule has 0 fully saturated rings. The maximum absolute atomic E-state index is 11.5. The monoisotopic (exact) mass is 197 g/mol. The third kappa shape index (κ3) is 2.63. The molecule has 67 valence electrons. The van der Waals surface area contributed by atoms with Crippen LogP contribution in [0.3, 0.4) is 0 Å². The summed E-state index contributed by atoms with van der Waals surface area (Å²) in [6, 6.07) is 0. The van der Waals surface area contributed by atoms with Gasteiger partial charge in [-0.2, -0.15) is 0 Å². The van der Waals surface area contributed by atoms with Gasteiger partial charge >= 0.3 is 17.1 Å². The fourth-order valence-corrected chi connectivity index (χ4v) is 4.87. The van der Waals surface area contributed by atoms with Crippen molar-refractivity contribution in [2.75, 3.05) is 28.4 Å². The average Bonchev–Trinajstić information content (AvgIpc) is 2.06. The highest BCUT2D eigenvalue weighted by Gasteiger charge is 2.51. The maximum Gasteiger partial charge on any atom is 0.561 e. The first-order chi connectivity index (χ1) is 5.14. The summed E-state index contributed by atoms with van der Waals surface area (Å²) in [5.41, 5.74) is 0. The summed E-state index contributed by atoms with van der Waals surface area (Å²) in [5, 5.41) is 0. The van der Waals surface area contributed by atoms with E-state index >= 15 is 0 Å². The highest BCUT2D eigenvalue weighted by Crippen LogP contribution is 2.07. The summed E-state index contributed by atoms with van der Waals surface area (Å²) in [7, 11) is -0.168. The first-order valence-corrected chi connectivity index (χ1v) is 7.48. The minimum absolute atomic E-state index is 1.32. The van der Waals surface area contributed by atoms with Crippen LogP contribution in [0.15, 0.2) is 0 Å². The highest BCUT2D eigenvalue weighted by atomic mass is 29.3. The van der Waals surface area contributed by atoms with Gasteiger partial charge in [0.1, 0.15) is 0 Å². The third-order valence-electron chi connectivity index (χ3n) is 1.29. The predicted octanol–water partition coefficient (Wildman–Crippen LogP) is -0.760. The van der Waals surface area contributed by atoms with Crippen LogP contribution in [-0.4, -0.2) is 45.6 Å². The molecular weight excluding hydrogens is 184 g/mol. The fraction of sp³-hybridized carbons (Fsp3) is 1.00. The Balaban J connectivity index is 4.19. The number of hydrogen-bond donors (Lipinski definition) is 0. The maximum atomic E-state index is 11.5. The smallest absolute Gasteiger partial charge is 0.397 e. The molecule has 0 heterocycles. The van der Waals surface area contributed by atoms with Crippen LogP contribution in [-0.2, 0) is 22.5 Å². The van der Waals surface area contributed by atoms with Gasteiger partial charge in [0.05, 0.1) is 0 Å². The van der Waals surface area contributed by atoms with E-state index in [1.54, 1.807) is 0 Å². The molecule has 1 radical (unpaired) electrons. The van der Waals surface area contributed by atoms with Crippen LogP contribution >= 0.6 is 0 Å². The van der Waals surface area contributed by atoms with Crippen LogP contribution < -0.4 is 0 Å². The summed E-state index contributed by atoms with van der Waals surface area (Å²) < 4.78 is 19.1. The Bertz CT molecular complexity index is 103. The Kier molecular flexibility index (Phi) is 5.09. The van der Waals surface area contributed by atoms with Crippen LogP contribution in [0.5, 0.6) is 0 Å². The molecule has 0 aliphatic heterocycles. The summed E-state index contributed by atoms with van der Waals surface area (Å²) >= 11 is 0. The van der Waals surface area contributed by atoms with E-state index in [1.165, 1.54) is 28.4 Å². The van der Waals surface area contributed by atoms with E-state index in [-0.39, 0.29) is 0 Å². The summed E-state index contributed by atoms with van der Waals surface area (Å²) in [6.07, 6.45) is 0. The van der Waals surface area contributed by atoms with Crippen molar-refractivity contribution in [3.63, 3.8) is 0 Å². The van der Waals surface area contributed by atoms with Gasteiger partial charge < -0.3 is 17.7 Å². The molecule has 0 aliphatic carbocycles. The van der Waals surface area contributed by atoms with Crippen LogP contribution in [0.1, 0.15) is 0 Å². The van der Waals surface area contributed by atoms with E-state index in [0.717, 1.165) is 0 Å². The molecule has 0 rings (SSSR count). The molecule has 0 bridgehead atoms. The Morgan fingerprint density at radius 2 is 1.36 bits per heavy atom. The molecule has 0 amide bonds. The molecular formula is C4H13O5Si2. The fourth-order valence-electron chi connectivity index (χ4n) is 0.661. The van der Waals surface area contributed by atoms with Gasteiger partial charge in [0.15, 0.2) is 0 Å². The minimum atomic E-state index is -3.38. The van der Waals surface area contributed by atoms with E-state index in [1.807, 2.05) is 0 Å². The molecule has 0 atom stereocenters. The molecule has 0 unspecified atom stereocenters. The SMILES string of the molecule is CO[SiH](OC)[Si]([O])(OC)OC. The van der Waals surface area contributed by atoms with Gasteiger partial charge in [-0.1, -0.05) is 0 Å². The van der Waals surface area contributed by atoms with Gasteiger partial charge in [-0.3, -0.25) is 0 Å². The second kappa shape index (κ2) is 4.98. The van der Waals surface area contributed by atoms with E-state index in [0.29, 0.717) is 0 Å². The first kappa shape index (κ1) is 11.2. The molecule has 7 heteroatoms. The van der Waals surface area contributed by atoms with Crippen molar-refractivity contribution in [3.8, 4) is 0 Å². The number of rotatable bonds is 5. The second-order valence-electron chi connectivity index (χ2n) is 1.82. The van der Waals surface area contributed by atoms with Crippen molar-refractivity contribution in [2.45, 2.75) is 0 Å². The van der Waals surface area contributed by atoms with Gasteiger partial charge in [-0.15, -0.1) is 0 Å². The lowest BCUT2D eigenvalue weighted by atomic mass is 11.8. The summed E-state index contributed by atoms with van der Waals surface area (Å²) in [6.45, 7) is 0. The van der Waals surface area contributed by atoms with E-state index in [4.69, 9.17) is 17.7 Å². The summed E-state index contributed by atoms with van der Waals surface area (Å²) in [4.78, 5) is 11.5. The highest BCUT2D eigenvalue weighted by molar-refractivity contribution is 7.18. The quantitative estimate of drug-likeness (QED) is 0.544. The van der Waals surface area contributed by atoms with Gasteiger partial charge in [0.2, 0.25) is 0 Å². The molecule has 0 saturated carbocycles. The van der Waals surface area contributed by atoms with Gasteiger partial charge in [0, 0.05) is 28.4 Å². The van der Waals surface area contributed by atoms with Crippen molar-refractivity contribution in [2.24, 2.45) is 0 Å². The Hall–Kier alpha value is 0.234. The lowest BCUT2D eigenvalue weighted by molar-refractivity contribution is 0.121. The van der Waals surface area contributed by atoms with E-state index in [2.05, 4.69) is 0 Å². The number of hydrogen-bond acceptors (Lipinski definition) is 4. The van der Waals surface area contributed by atoms with Gasteiger partial charge in [0.25, 0.3) is 0 Å². The van der Waals surface area contributed by atoms with Crippen molar-refractivity contribution < 1.29 is 22.5 Å². The van der Waals surface area contributed by atoms with E-state index < -0.39 is 17.1 Å². The average molecular weight is 197 g/mol. The molecule has 0 aromatic carbocycles. The van der Waals surface area contributed by atoms with E-state index in [9.17, 15) is 4.80 Å². The first-order valence-electron chi connectivity index (χ1n) is 3.01. The standard InChI is InChI=1S/C4H13O5Si2/c1-6-10(7-2)11(5,8-3)9-4/h10H,1-4H3. The largest absolute Gasteiger partial charge is 0.561 e. The molecule has 0 aliphatic rings. The van der Waals surface area contributed by atoms with Crippen LogP contribution in [0.4, 0.5) is 0 Å². The lowest BCUT2D eigenvalue weighted by Crippen LogP contribution is -2.57. The van der Waals surface area contributed by atoms with Crippen molar-refractivity contribution in [1.82, 2.24) is 0 Å². The van der Waals surface area contributed by atoms with Crippen LogP contribution in [0, 0.1) is 0 Å². The Morgan fingerprint density at radius 1 is 1.00 bits per heavy atom. The predicted molar refractivity (Wildman–Crippen MR) is 41.6 cm³/mol. The molecule has 0 N–H and O–H groups in total. The third-order valence-corrected chi connectivity index (χ3v) is 8.42. The van der Waals surface area contributed by atoms with Crippen molar-refractivity contribution in [3.05, 3.63) is 0 Å². The molecule has 5 nitrogen and oxygen atoms in total. The Morgan fingerprint density at radius 3 is 1.45 bits per heavy atom. The zero-order chi connectivity index (χ0) is 8.91. The zero-order valence-corrected chi connectivity index (χ0v) is 9.27. The Labute approximate surface area is 68.8 Å². The summed E-state index contributed by atoms with van der Waals surface area (Å²) in [5.74, 6) is 0. The van der Waals surface area contributed by atoms with Crippen LogP contribution in [0.2, 0.25) is 0 Å². The topological polar surface area (TPSA) is 56.8 Å².